The number of aliphatic hydroxyl groups is 2. The van der Waals surface area contributed by atoms with Gasteiger partial charge in [0, 0.05) is 29.1 Å². The molecule has 0 fully saturated rings. The molecule has 0 saturated heterocycles. The molecule has 0 spiro atoms. The molecule has 92 valence electrons. The highest BCUT2D eigenvalue weighted by atomic mass is 32.2. The molecule has 1 unspecified atom stereocenters. The Balaban J connectivity index is 2.06. The third-order valence-electron chi connectivity index (χ3n) is 2.13. The van der Waals surface area contributed by atoms with Crippen molar-refractivity contribution < 1.29 is 10.2 Å². The first kappa shape index (κ1) is 12.6. The third-order valence-corrected chi connectivity index (χ3v) is 4.00. The SMILES string of the molecule is O=c1cc(CSCC(O)CO)nc2sccn12. The van der Waals surface area contributed by atoms with Crippen molar-refractivity contribution in [2.75, 3.05) is 12.4 Å². The number of thioether (sulfide) groups is 1. The minimum absolute atomic E-state index is 0.0884. The molecule has 0 aliphatic carbocycles. The monoisotopic (exact) mass is 272 g/mol. The van der Waals surface area contributed by atoms with Gasteiger partial charge in [-0.05, 0) is 0 Å². The lowest BCUT2D eigenvalue weighted by Crippen LogP contribution is -2.15. The van der Waals surface area contributed by atoms with Gasteiger partial charge in [0.2, 0.25) is 0 Å². The van der Waals surface area contributed by atoms with Gasteiger partial charge in [0.1, 0.15) is 0 Å². The molecule has 17 heavy (non-hydrogen) atoms. The van der Waals surface area contributed by atoms with Crippen LogP contribution in [0.1, 0.15) is 5.69 Å². The van der Waals surface area contributed by atoms with E-state index >= 15 is 0 Å². The molecule has 2 aromatic rings. The molecule has 0 saturated carbocycles. The van der Waals surface area contributed by atoms with E-state index in [1.54, 1.807) is 6.20 Å². The lowest BCUT2D eigenvalue weighted by atomic mass is 10.4. The quantitative estimate of drug-likeness (QED) is 0.821. The van der Waals surface area contributed by atoms with Gasteiger partial charge in [-0.1, -0.05) is 0 Å². The van der Waals surface area contributed by atoms with Crippen LogP contribution in [0.2, 0.25) is 0 Å². The maximum atomic E-state index is 11.6. The van der Waals surface area contributed by atoms with Gasteiger partial charge >= 0.3 is 0 Å². The van der Waals surface area contributed by atoms with E-state index in [2.05, 4.69) is 4.98 Å². The summed E-state index contributed by atoms with van der Waals surface area (Å²) in [5, 5.41) is 19.6. The van der Waals surface area contributed by atoms with Crippen molar-refractivity contribution in [1.82, 2.24) is 9.38 Å². The number of hydrogen-bond acceptors (Lipinski definition) is 6. The topological polar surface area (TPSA) is 74.8 Å². The molecule has 0 aliphatic rings. The number of fused-ring (bicyclic) bond motifs is 1. The Kier molecular flexibility index (Phi) is 4.16. The van der Waals surface area contributed by atoms with Crippen LogP contribution >= 0.6 is 23.1 Å². The van der Waals surface area contributed by atoms with E-state index in [9.17, 15) is 9.90 Å². The molecule has 0 aromatic carbocycles. The van der Waals surface area contributed by atoms with Crippen LogP contribution < -0.4 is 5.56 Å². The van der Waals surface area contributed by atoms with Crippen LogP contribution in [0.25, 0.3) is 4.96 Å². The Morgan fingerprint density at radius 2 is 2.41 bits per heavy atom. The highest BCUT2D eigenvalue weighted by Gasteiger charge is 2.05. The van der Waals surface area contributed by atoms with Crippen LogP contribution in [0.4, 0.5) is 0 Å². The molecular formula is C10H12N2O3S2. The van der Waals surface area contributed by atoms with Crippen molar-refractivity contribution in [3.63, 3.8) is 0 Å². The van der Waals surface area contributed by atoms with Gasteiger partial charge in [0.05, 0.1) is 18.4 Å². The summed E-state index contributed by atoms with van der Waals surface area (Å²) in [5.74, 6) is 0.989. The number of thiazole rings is 1. The second kappa shape index (κ2) is 5.63. The van der Waals surface area contributed by atoms with Crippen molar-refractivity contribution in [2.45, 2.75) is 11.9 Å². The number of rotatable bonds is 5. The average molecular weight is 272 g/mol. The molecular weight excluding hydrogens is 260 g/mol. The number of nitrogens with zero attached hydrogens (tertiary/aromatic N) is 2. The van der Waals surface area contributed by atoms with E-state index in [1.807, 2.05) is 5.38 Å². The van der Waals surface area contributed by atoms with Crippen LogP contribution in [0, 0.1) is 0 Å². The fourth-order valence-electron chi connectivity index (χ4n) is 1.31. The predicted molar refractivity (Wildman–Crippen MR) is 68.6 cm³/mol. The summed E-state index contributed by atoms with van der Waals surface area (Å²) < 4.78 is 1.50. The fourth-order valence-corrected chi connectivity index (χ4v) is 2.91. The molecule has 2 heterocycles. The van der Waals surface area contributed by atoms with Crippen LogP contribution in [-0.2, 0) is 5.75 Å². The van der Waals surface area contributed by atoms with Gasteiger partial charge in [0.15, 0.2) is 4.96 Å². The Hall–Kier alpha value is -0.890. The maximum absolute atomic E-state index is 11.6. The standard InChI is InChI=1S/C10H12N2O3S2/c13-4-8(14)6-16-5-7-3-9(15)12-1-2-17-10(12)11-7/h1-3,8,13-14H,4-6H2. The Morgan fingerprint density at radius 3 is 3.18 bits per heavy atom. The normalized spacial score (nSPS) is 13.1. The minimum atomic E-state index is -0.716. The molecule has 2 N–H and O–H groups in total. The highest BCUT2D eigenvalue weighted by Crippen LogP contribution is 2.13. The summed E-state index contributed by atoms with van der Waals surface area (Å²) in [6.07, 6.45) is 0.980. The highest BCUT2D eigenvalue weighted by molar-refractivity contribution is 7.98. The van der Waals surface area contributed by atoms with E-state index in [1.165, 1.54) is 33.6 Å². The fraction of sp³-hybridized carbons (Fsp3) is 0.400. The Bertz CT molecular complexity index is 552. The zero-order chi connectivity index (χ0) is 12.3. The van der Waals surface area contributed by atoms with E-state index in [-0.39, 0.29) is 12.2 Å². The van der Waals surface area contributed by atoms with Crippen LogP contribution in [0.15, 0.2) is 22.4 Å². The summed E-state index contributed by atoms with van der Waals surface area (Å²) in [5.41, 5.74) is 0.613. The molecule has 0 radical (unpaired) electrons. The maximum Gasteiger partial charge on any atom is 0.258 e. The molecule has 7 heteroatoms. The molecule has 5 nitrogen and oxygen atoms in total. The van der Waals surface area contributed by atoms with Gasteiger partial charge < -0.3 is 10.2 Å². The van der Waals surface area contributed by atoms with E-state index < -0.39 is 6.10 Å². The lowest BCUT2D eigenvalue weighted by Gasteiger charge is -2.05. The first-order chi connectivity index (χ1) is 8.20. The molecule has 2 aromatic heterocycles. The third kappa shape index (κ3) is 3.06. The predicted octanol–water partition coefficient (Wildman–Crippen LogP) is 0.342. The van der Waals surface area contributed by atoms with Gasteiger partial charge in [0.25, 0.3) is 5.56 Å². The van der Waals surface area contributed by atoms with Crippen LogP contribution in [0.3, 0.4) is 0 Å². The van der Waals surface area contributed by atoms with Crippen molar-refractivity contribution in [1.29, 1.82) is 0 Å². The Morgan fingerprint density at radius 1 is 1.59 bits per heavy atom. The van der Waals surface area contributed by atoms with Crippen molar-refractivity contribution in [3.05, 3.63) is 33.7 Å². The second-order valence-electron chi connectivity index (χ2n) is 3.49. The van der Waals surface area contributed by atoms with Gasteiger partial charge in [-0.15, -0.1) is 11.3 Å². The summed E-state index contributed by atoms with van der Waals surface area (Å²) in [4.78, 5) is 16.7. The van der Waals surface area contributed by atoms with E-state index in [0.717, 1.165) is 0 Å². The van der Waals surface area contributed by atoms with Crippen LogP contribution in [0.5, 0.6) is 0 Å². The van der Waals surface area contributed by atoms with Crippen molar-refractivity contribution in [2.24, 2.45) is 0 Å². The smallest absolute Gasteiger partial charge is 0.258 e. The first-order valence-electron chi connectivity index (χ1n) is 5.03. The summed E-state index contributed by atoms with van der Waals surface area (Å²) >= 11 is 2.86. The number of aliphatic hydroxyl groups excluding tert-OH is 2. The molecule has 2 rings (SSSR count). The molecule has 0 aliphatic heterocycles. The van der Waals surface area contributed by atoms with Crippen molar-refractivity contribution >= 4 is 28.1 Å². The molecule has 0 bridgehead atoms. The summed E-state index contributed by atoms with van der Waals surface area (Å²) in [7, 11) is 0. The van der Waals surface area contributed by atoms with Gasteiger partial charge in [-0.2, -0.15) is 11.8 Å². The lowest BCUT2D eigenvalue weighted by molar-refractivity contribution is 0.113. The summed E-state index contributed by atoms with van der Waals surface area (Å²) in [6.45, 7) is -0.243. The number of aromatic nitrogens is 2. The molecule has 0 amide bonds. The van der Waals surface area contributed by atoms with Gasteiger partial charge in [-0.3, -0.25) is 9.20 Å². The molecule has 1 atom stereocenters. The zero-order valence-electron chi connectivity index (χ0n) is 8.94. The van der Waals surface area contributed by atoms with E-state index in [0.29, 0.717) is 22.2 Å². The minimum Gasteiger partial charge on any atom is -0.394 e. The van der Waals surface area contributed by atoms with Crippen LogP contribution in [-0.4, -0.2) is 38.1 Å². The Labute approximate surface area is 106 Å². The van der Waals surface area contributed by atoms with Crippen molar-refractivity contribution in [3.8, 4) is 0 Å². The van der Waals surface area contributed by atoms with Gasteiger partial charge in [-0.25, -0.2) is 4.98 Å². The summed E-state index contributed by atoms with van der Waals surface area (Å²) in [6, 6.07) is 1.50. The second-order valence-corrected chi connectivity index (χ2v) is 5.40. The average Bonchev–Trinajstić information content (AvgIpc) is 2.77. The number of hydrogen-bond donors (Lipinski definition) is 2. The first-order valence-corrected chi connectivity index (χ1v) is 7.06. The van der Waals surface area contributed by atoms with E-state index in [4.69, 9.17) is 5.11 Å². The largest absolute Gasteiger partial charge is 0.394 e. The zero-order valence-corrected chi connectivity index (χ0v) is 10.6.